The summed E-state index contributed by atoms with van der Waals surface area (Å²) in [5, 5.41) is 2.53. The number of halogens is 4. The number of fused-ring (bicyclic) bond motifs is 1. The van der Waals surface area contributed by atoms with Crippen LogP contribution < -0.4 is 10.9 Å². The molecule has 1 N–H and O–H groups in total. The summed E-state index contributed by atoms with van der Waals surface area (Å²) in [7, 11) is 0. The quantitative estimate of drug-likeness (QED) is 0.323. The third kappa shape index (κ3) is 4.68. The number of nitrogens with one attached hydrogen (secondary N) is 1. The van der Waals surface area contributed by atoms with Crippen molar-refractivity contribution in [3.05, 3.63) is 76.0 Å². The van der Waals surface area contributed by atoms with Crippen molar-refractivity contribution in [1.82, 2.24) is 9.55 Å². The highest BCUT2D eigenvalue weighted by Crippen LogP contribution is 2.33. The van der Waals surface area contributed by atoms with E-state index in [-0.39, 0.29) is 22.3 Å². The fraction of sp³-hybridized carbons (Fsp3) is 0.190. The summed E-state index contributed by atoms with van der Waals surface area (Å²) in [5.74, 6) is -0.715. The van der Waals surface area contributed by atoms with Crippen LogP contribution in [0.1, 0.15) is 11.3 Å². The van der Waals surface area contributed by atoms with E-state index in [1.807, 2.05) is 0 Å². The third-order valence-corrected chi connectivity index (χ3v) is 6.62. The summed E-state index contributed by atoms with van der Waals surface area (Å²) in [6.07, 6.45) is -4.03. The van der Waals surface area contributed by atoms with Crippen LogP contribution in [0.3, 0.4) is 0 Å². The normalized spacial score (nSPS) is 13.1. The van der Waals surface area contributed by atoms with E-state index in [0.717, 1.165) is 28.5 Å². The fourth-order valence-electron chi connectivity index (χ4n) is 3.12. The lowest BCUT2D eigenvalue weighted by atomic mass is 10.2. The van der Waals surface area contributed by atoms with Gasteiger partial charge in [0.15, 0.2) is 5.16 Å². The Bertz CT molecular complexity index is 1240. The molecule has 2 aromatic carbocycles. The van der Waals surface area contributed by atoms with Crippen LogP contribution in [0.2, 0.25) is 0 Å². The number of amides is 1. The largest absolute Gasteiger partial charge is 0.416 e. The lowest BCUT2D eigenvalue weighted by molar-refractivity contribution is -0.137. The summed E-state index contributed by atoms with van der Waals surface area (Å²) in [5.41, 5.74) is -0.811. The Labute approximate surface area is 188 Å². The first-order valence-corrected chi connectivity index (χ1v) is 11.3. The van der Waals surface area contributed by atoms with Gasteiger partial charge in [-0.3, -0.25) is 14.2 Å². The van der Waals surface area contributed by atoms with E-state index in [4.69, 9.17) is 0 Å². The van der Waals surface area contributed by atoms with Gasteiger partial charge in [0, 0.05) is 12.2 Å². The number of aryl methyl sites for hydroxylation is 1. The molecule has 1 aliphatic heterocycles. The second kappa shape index (κ2) is 8.99. The maximum atomic E-state index is 13.8. The SMILES string of the molecule is O=C(CSc1nc2c(c(=O)n1-c1cccc(C(F)(F)F)c1)SCC2)Nc1ccccc1F. The molecule has 1 amide bonds. The number of anilines is 1. The Balaban J connectivity index is 1.67. The molecule has 32 heavy (non-hydrogen) atoms. The monoisotopic (exact) mass is 481 g/mol. The lowest BCUT2D eigenvalue weighted by Gasteiger charge is -2.15. The fourth-order valence-corrected chi connectivity index (χ4v) is 4.97. The number of hydrogen-bond acceptors (Lipinski definition) is 5. The van der Waals surface area contributed by atoms with Crippen molar-refractivity contribution in [2.75, 3.05) is 16.8 Å². The average Bonchev–Trinajstić information content (AvgIpc) is 3.22. The molecular formula is C21H15F4N3O2S2. The lowest BCUT2D eigenvalue weighted by Crippen LogP contribution is -2.25. The molecule has 0 radical (unpaired) electrons. The molecule has 2 heterocycles. The number of nitrogens with zero attached hydrogens (tertiary/aromatic N) is 2. The van der Waals surface area contributed by atoms with E-state index < -0.39 is 29.0 Å². The van der Waals surface area contributed by atoms with E-state index in [1.54, 1.807) is 6.07 Å². The standard InChI is InChI=1S/C21H15F4N3O2S2/c22-14-6-1-2-7-15(14)26-17(29)11-32-20-27-16-8-9-31-18(16)19(30)28(20)13-5-3-4-12(10-13)21(23,24)25/h1-7,10H,8-9,11H2,(H,26,29). The van der Waals surface area contributed by atoms with Crippen molar-refractivity contribution < 1.29 is 22.4 Å². The molecule has 0 atom stereocenters. The highest BCUT2D eigenvalue weighted by Gasteiger charge is 2.31. The minimum absolute atomic E-state index is 0.00429. The number of alkyl halides is 3. The maximum absolute atomic E-state index is 13.8. The molecule has 4 rings (SSSR count). The molecule has 166 valence electrons. The van der Waals surface area contributed by atoms with Crippen molar-refractivity contribution in [1.29, 1.82) is 0 Å². The van der Waals surface area contributed by atoms with Crippen LogP contribution in [0.15, 0.2) is 63.4 Å². The molecule has 0 fully saturated rings. The van der Waals surface area contributed by atoms with Crippen LogP contribution in [0, 0.1) is 5.82 Å². The summed E-state index contributed by atoms with van der Waals surface area (Å²) < 4.78 is 54.5. The molecule has 3 aromatic rings. The van der Waals surface area contributed by atoms with Crippen LogP contribution in [0.5, 0.6) is 0 Å². The zero-order chi connectivity index (χ0) is 22.9. The number of para-hydroxylation sites is 1. The molecular weight excluding hydrogens is 466 g/mol. The first kappa shape index (κ1) is 22.4. The van der Waals surface area contributed by atoms with Crippen molar-refractivity contribution in [3.63, 3.8) is 0 Å². The maximum Gasteiger partial charge on any atom is 0.416 e. The first-order chi connectivity index (χ1) is 15.2. The van der Waals surface area contributed by atoms with Gasteiger partial charge in [0.1, 0.15) is 5.82 Å². The highest BCUT2D eigenvalue weighted by molar-refractivity contribution is 8.00. The number of rotatable bonds is 5. The van der Waals surface area contributed by atoms with Crippen molar-refractivity contribution in [3.8, 4) is 5.69 Å². The predicted molar refractivity (Wildman–Crippen MR) is 115 cm³/mol. The van der Waals surface area contributed by atoms with Gasteiger partial charge in [-0.1, -0.05) is 30.0 Å². The summed E-state index contributed by atoms with van der Waals surface area (Å²) in [6.45, 7) is 0. The number of benzene rings is 2. The second-order valence-corrected chi connectivity index (χ2v) is 8.82. The van der Waals surface area contributed by atoms with E-state index in [2.05, 4.69) is 10.3 Å². The number of carbonyl (C=O) groups excluding carboxylic acids is 1. The van der Waals surface area contributed by atoms with E-state index in [1.165, 1.54) is 42.1 Å². The Morgan fingerprint density at radius 3 is 2.72 bits per heavy atom. The van der Waals surface area contributed by atoms with E-state index in [9.17, 15) is 27.2 Å². The van der Waals surface area contributed by atoms with Crippen molar-refractivity contribution in [2.45, 2.75) is 22.6 Å². The number of carbonyl (C=O) groups is 1. The van der Waals surface area contributed by atoms with Gasteiger partial charge in [0.25, 0.3) is 5.56 Å². The van der Waals surface area contributed by atoms with Crippen LogP contribution in [-0.2, 0) is 17.4 Å². The molecule has 0 bridgehead atoms. The van der Waals surface area contributed by atoms with Gasteiger partial charge in [-0.05, 0) is 30.3 Å². The average molecular weight is 481 g/mol. The Hall–Kier alpha value is -2.79. The molecule has 1 aliphatic rings. The van der Waals surface area contributed by atoms with Gasteiger partial charge in [-0.15, -0.1) is 11.8 Å². The summed E-state index contributed by atoms with van der Waals surface area (Å²) in [6, 6.07) is 10.0. The third-order valence-electron chi connectivity index (χ3n) is 4.58. The smallest absolute Gasteiger partial charge is 0.323 e. The molecule has 0 aliphatic carbocycles. The summed E-state index contributed by atoms with van der Waals surface area (Å²) >= 11 is 2.20. The van der Waals surface area contributed by atoms with Gasteiger partial charge < -0.3 is 5.32 Å². The van der Waals surface area contributed by atoms with Gasteiger partial charge in [-0.2, -0.15) is 13.2 Å². The predicted octanol–water partition coefficient (Wildman–Crippen LogP) is 4.77. The van der Waals surface area contributed by atoms with Crippen LogP contribution in [0.4, 0.5) is 23.2 Å². The van der Waals surface area contributed by atoms with Crippen molar-refractivity contribution >= 4 is 35.1 Å². The number of aromatic nitrogens is 2. The molecule has 5 nitrogen and oxygen atoms in total. The second-order valence-electron chi connectivity index (χ2n) is 6.77. The Morgan fingerprint density at radius 1 is 1.19 bits per heavy atom. The van der Waals surface area contributed by atoms with Gasteiger partial charge in [0.05, 0.1) is 33.3 Å². The van der Waals surface area contributed by atoms with E-state index in [0.29, 0.717) is 22.8 Å². The Morgan fingerprint density at radius 2 is 1.97 bits per heavy atom. The number of thioether (sulfide) groups is 2. The molecule has 0 spiro atoms. The molecule has 0 saturated heterocycles. The van der Waals surface area contributed by atoms with Crippen molar-refractivity contribution in [2.24, 2.45) is 0 Å². The zero-order valence-electron chi connectivity index (χ0n) is 16.3. The van der Waals surface area contributed by atoms with Gasteiger partial charge in [-0.25, -0.2) is 9.37 Å². The Kier molecular flexibility index (Phi) is 6.29. The topological polar surface area (TPSA) is 64.0 Å². The molecule has 1 aromatic heterocycles. The van der Waals surface area contributed by atoms with Gasteiger partial charge in [0.2, 0.25) is 5.91 Å². The molecule has 0 saturated carbocycles. The minimum Gasteiger partial charge on any atom is -0.323 e. The highest BCUT2D eigenvalue weighted by atomic mass is 32.2. The van der Waals surface area contributed by atoms with Crippen LogP contribution in [0.25, 0.3) is 5.69 Å². The van der Waals surface area contributed by atoms with Gasteiger partial charge >= 0.3 is 6.18 Å². The zero-order valence-corrected chi connectivity index (χ0v) is 17.9. The molecule has 11 heteroatoms. The number of hydrogen-bond donors (Lipinski definition) is 1. The molecule has 0 unspecified atom stereocenters. The van der Waals surface area contributed by atoms with Crippen LogP contribution >= 0.6 is 23.5 Å². The van der Waals surface area contributed by atoms with Crippen LogP contribution in [-0.4, -0.2) is 27.0 Å². The minimum atomic E-state index is -4.58. The van der Waals surface area contributed by atoms with E-state index >= 15 is 0 Å². The first-order valence-electron chi connectivity index (χ1n) is 9.37. The summed E-state index contributed by atoms with van der Waals surface area (Å²) in [4.78, 5) is 30.2.